The molecule has 3 aromatic rings. The van der Waals surface area contributed by atoms with Crippen molar-refractivity contribution in [3.05, 3.63) is 65.9 Å². The quantitative estimate of drug-likeness (QED) is 0.104. The van der Waals surface area contributed by atoms with Gasteiger partial charge in [0.05, 0.1) is 18.7 Å². The highest BCUT2D eigenvalue weighted by molar-refractivity contribution is 5.99. The Labute approximate surface area is 360 Å². The maximum Gasteiger partial charge on any atom is 0.326 e. The van der Waals surface area contributed by atoms with Crippen molar-refractivity contribution in [1.29, 1.82) is 0 Å². The van der Waals surface area contributed by atoms with Crippen molar-refractivity contribution in [2.45, 2.75) is 94.8 Å². The first kappa shape index (κ1) is 45.5. The first-order valence-corrected chi connectivity index (χ1v) is 20.6. The SMILES string of the molecule is CC(C)[C@@H]1NC(=O)[C@H](NC(=O)[C@@H](Cc2ccc(O)cc2)NC(=O)[C@@H]2CCCN2C(=O)[C@@H]2CCC(=O)N2)n2cc(c3ccccc32)C[C@H](C(=O)O)NC(=O)[C@H](CO)NC(=O)CNC1=O. The predicted octanol–water partition coefficient (Wildman–Crippen LogP) is -2.18. The number of aromatic hydroxyl groups is 1. The maximum absolute atomic E-state index is 14.7. The van der Waals surface area contributed by atoms with Gasteiger partial charge in [0.1, 0.15) is 42.0 Å². The van der Waals surface area contributed by atoms with Crippen molar-refractivity contribution in [3.63, 3.8) is 0 Å². The van der Waals surface area contributed by atoms with Gasteiger partial charge in [0.25, 0.3) is 5.91 Å². The highest BCUT2D eigenvalue weighted by Crippen LogP contribution is 2.27. The number of carbonyl (C=O) groups is 9. The molecule has 0 unspecified atom stereocenters. The second-order valence-corrected chi connectivity index (χ2v) is 16.1. The van der Waals surface area contributed by atoms with Crippen LogP contribution in [0.15, 0.2) is 54.7 Å². The number of nitrogens with zero attached hydrogens (tertiary/aromatic N) is 2. The van der Waals surface area contributed by atoms with E-state index in [9.17, 15) is 58.5 Å². The average molecular weight is 874 g/mol. The lowest BCUT2D eigenvalue weighted by molar-refractivity contribution is -0.142. The Kier molecular flexibility index (Phi) is 14.3. The summed E-state index contributed by atoms with van der Waals surface area (Å²) < 4.78 is 1.36. The molecule has 2 fully saturated rings. The smallest absolute Gasteiger partial charge is 0.326 e. The Morgan fingerprint density at radius 1 is 0.857 bits per heavy atom. The molecule has 8 amide bonds. The number of amides is 8. The Morgan fingerprint density at radius 2 is 1.59 bits per heavy atom. The number of carboxylic acid groups (broad SMARTS) is 1. The molecule has 2 aromatic carbocycles. The maximum atomic E-state index is 14.7. The van der Waals surface area contributed by atoms with Crippen LogP contribution in [0.5, 0.6) is 5.75 Å². The van der Waals surface area contributed by atoms with E-state index in [1.807, 2.05) is 0 Å². The van der Waals surface area contributed by atoms with E-state index in [1.54, 1.807) is 38.1 Å². The number of phenols is 1. The van der Waals surface area contributed by atoms with Gasteiger partial charge in [-0.05, 0) is 54.5 Å². The van der Waals surface area contributed by atoms with Crippen LogP contribution in [0, 0.1) is 5.92 Å². The summed E-state index contributed by atoms with van der Waals surface area (Å²) in [7, 11) is 0. The molecule has 4 heterocycles. The highest BCUT2D eigenvalue weighted by atomic mass is 16.4. The zero-order chi connectivity index (χ0) is 45.5. The number of phenolic OH excluding ortho intramolecular Hbond substituents is 1. The molecular formula is C42H51N9O12. The minimum absolute atomic E-state index is 0.0566. The van der Waals surface area contributed by atoms with E-state index in [1.165, 1.54) is 39.9 Å². The van der Waals surface area contributed by atoms with Crippen LogP contribution in [0.25, 0.3) is 10.9 Å². The molecule has 7 atom stereocenters. The number of nitrogens with one attached hydrogen (secondary N) is 7. The first-order valence-electron chi connectivity index (χ1n) is 20.6. The van der Waals surface area contributed by atoms with Crippen molar-refractivity contribution in [3.8, 4) is 5.75 Å². The van der Waals surface area contributed by atoms with Crippen LogP contribution in [0.1, 0.15) is 56.8 Å². The molecule has 0 radical (unpaired) electrons. The number of hydrogen-bond donors (Lipinski definition) is 10. The van der Waals surface area contributed by atoms with Gasteiger partial charge >= 0.3 is 5.97 Å². The molecule has 6 rings (SSSR count). The number of hydrogen-bond acceptors (Lipinski definition) is 11. The number of likely N-dealkylation sites (tertiary alicyclic amines) is 1. The minimum atomic E-state index is -1.68. The molecule has 0 spiro atoms. The fraction of sp³-hybridized carbons (Fsp3) is 0.452. The van der Waals surface area contributed by atoms with Gasteiger partial charge in [0.2, 0.25) is 41.4 Å². The predicted molar refractivity (Wildman–Crippen MR) is 221 cm³/mol. The van der Waals surface area contributed by atoms with E-state index >= 15 is 0 Å². The Balaban J connectivity index is 1.39. The van der Waals surface area contributed by atoms with E-state index in [2.05, 4.69) is 37.2 Å². The monoisotopic (exact) mass is 873 g/mol. The van der Waals surface area contributed by atoms with E-state index in [4.69, 9.17) is 0 Å². The summed E-state index contributed by atoms with van der Waals surface area (Å²) in [5.74, 6) is -7.98. The van der Waals surface area contributed by atoms with Gasteiger partial charge < -0.3 is 62.0 Å². The van der Waals surface area contributed by atoms with Crippen molar-refractivity contribution >= 4 is 64.1 Å². The molecule has 1 aromatic heterocycles. The number of carbonyl (C=O) groups excluding carboxylic acids is 8. The minimum Gasteiger partial charge on any atom is -0.508 e. The summed E-state index contributed by atoms with van der Waals surface area (Å²) in [5.41, 5.74) is 1.13. The number of benzene rings is 2. The summed E-state index contributed by atoms with van der Waals surface area (Å²) in [4.78, 5) is 122. The average Bonchev–Trinajstić information content (AvgIpc) is 4.01. The van der Waals surface area contributed by atoms with Gasteiger partial charge in [-0.1, -0.05) is 44.2 Å². The van der Waals surface area contributed by atoms with Gasteiger partial charge in [-0.3, -0.25) is 38.4 Å². The molecule has 336 valence electrons. The lowest BCUT2D eigenvalue weighted by atomic mass is 10.0. The summed E-state index contributed by atoms with van der Waals surface area (Å²) in [6.45, 7) is 1.92. The fourth-order valence-electron chi connectivity index (χ4n) is 7.97. The molecule has 21 nitrogen and oxygen atoms in total. The number of rotatable bonds is 10. The van der Waals surface area contributed by atoms with E-state index in [0.29, 0.717) is 28.5 Å². The zero-order valence-electron chi connectivity index (χ0n) is 34.6. The topological polar surface area (TPSA) is 307 Å². The fourth-order valence-corrected chi connectivity index (χ4v) is 7.97. The van der Waals surface area contributed by atoms with Crippen LogP contribution in [-0.4, -0.2) is 134 Å². The van der Waals surface area contributed by atoms with Crippen LogP contribution in [0.2, 0.25) is 0 Å². The molecule has 10 N–H and O–H groups in total. The number of aliphatic hydroxyl groups excluding tert-OH is 1. The number of carboxylic acids is 1. The molecule has 2 bridgehead atoms. The van der Waals surface area contributed by atoms with Crippen molar-refractivity contribution in [1.82, 2.24) is 46.7 Å². The molecule has 0 saturated carbocycles. The van der Waals surface area contributed by atoms with E-state index in [-0.39, 0.29) is 50.3 Å². The van der Waals surface area contributed by atoms with Crippen LogP contribution in [0.4, 0.5) is 0 Å². The molecule has 63 heavy (non-hydrogen) atoms. The lowest BCUT2D eigenvalue weighted by Gasteiger charge is -2.30. The summed E-state index contributed by atoms with van der Waals surface area (Å²) in [6, 6.07) is 4.74. The molecular weight excluding hydrogens is 823 g/mol. The number of fused-ring (bicyclic) bond motifs is 5. The first-order chi connectivity index (χ1) is 30.0. The summed E-state index contributed by atoms with van der Waals surface area (Å²) >= 11 is 0. The van der Waals surface area contributed by atoms with Gasteiger partial charge in [-0.25, -0.2) is 4.79 Å². The van der Waals surface area contributed by atoms with E-state index < -0.39 is 109 Å². The second-order valence-electron chi connectivity index (χ2n) is 16.1. The van der Waals surface area contributed by atoms with Crippen LogP contribution in [0.3, 0.4) is 0 Å². The van der Waals surface area contributed by atoms with Crippen molar-refractivity contribution < 1.29 is 58.5 Å². The molecule has 2 saturated heterocycles. The Hall–Kier alpha value is -7.03. The van der Waals surface area contributed by atoms with Crippen molar-refractivity contribution in [2.24, 2.45) is 5.92 Å². The van der Waals surface area contributed by atoms with Crippen LogP contribution >= 0.6 is 0 Å². The summed E-state index contributed by atoms with van der Waals surface area (Å²) in [5, 5.41) is 48.3. The highest BCUT2D eigenvalue weighted by Gasteiger charge is 2.41. The van der Waals surface area contributed by atoms with Crippen molar-refractivity contribution in [2.75, 3.05) is 19.7 Å². The number of aliphatic carboxylic acids is 1. The lowest BCUT2D eigenvalue weighted by Crippen LogP contribution is -2.58. The largest absolute Gasteiger partial charge is 0.508 e. The molecule has 0 aliphatic carbocycles. The normalized spacial score (nSPS) is 24.1. The van der Waals surface area contributed by atoms with Gasteiger partial charge in [-0.2, -0.15) is 0 Å². The zero-order valence-corrected chi connectivity index (χ0v) is 34.6. The molecule has 3 aliphatic rings. The Morgan fingerprint density at radius 3 is 2.25 bits per heavy atom. The third-order valence-corrected chi connectivity index (χ3v) is 11.3. The number of para-hydroxylation sites is 1. The van der Waals surface area contributed by atoms with Gasteiger partial charge in [0, 0.05) is 37.4 Å². The third-order valence-electron chi connectivity index (χ3n) is 11.3. The van der Waals surface area contributed by atoms with Crippen LogP contribution in [-0.2, 0) is 56.0 Å². The molecule has 21 heteroatoms. The van der Waals surface area contributed by atoms with Gasteiger partial charge in [-0.15, -0.1) is 0 Å². The third kappa shape index (κ3) is 10.7. The number of aromatic nitrogens is 1. The van der Waals surface area contributed by atoms with Gasteiger partial charge in [0.15, 0.2) is 6.17 Å². The van der Waals surface area contributed by atoms with Crippen LogP contribution < -0.4 is 37.2 Å². The van der Waals surface area contributed by atoms with E-state index in [0.717, 1.165) is 0 Å². The number of aliphatic hydroxyl groups is 1. The standard InChI is InChI=1S/C42H51N9O12/c1-21(2)34-39(59)43-18-33(55)45-29(20-52)37(57)47-28(42(62)63)17-23-19-51(30-7-4-3-6-25(23)30)35(40(60)48-34)49-36(56)27(16-22-9-11-24(53)12-10-22)46-38(58)31-8-5-15-50(31)41(61)26-13-14-32(54)44-26/h3-4,6-7,9-12,19,21,26-29,31,34-35,52-53H,5,8,13-18,20H2,1-2H3,(H,43,59)(H,44,54)(H,45,55)(H,46,58)(H,47,57)(H,48,60)(H,49,56)(H,62,63)/t26-,27+,28+,29-,31-,34-,35+/m0/s1. The second kappa shape index (κ2) is 19.8. The molecule has 3 aliphatic heterocycles. The Bertz CT molecular complexity index is 2280. The summed E-state index contributed by atoms with van der Waals surface area (Å²) in [6.07, 6.45) is 0.415.